The molecule has 0 aliphatic heterocycles. The van der Waals surface area contributed by atoms with E-state index >= 15 is 0 Å². The molecule has 0 radical (unpaired) electrons. The molecule has 0 aliphatic carbocycles. The van der Waals surface area contributed by atoms with Gasteiger partial charge in [-0.2, -0.15) is 13.2 Å². The van der Waals surface area contributed by atoms with Gasteiger partial charge in [0.1, 0.15) is 16.4 Å². The monoisotopic (exact) mass is 388 g/mol. The zero-order valence-electron chi connectivity index (χ0n) is 14.6. The molecule has 0 amide bonds. The SMILES string of the molecule is COc1ccc(/C=c2\[nH]c(=O)/c(=C/c3ccccc3C(F)(F)F)[nH]c2=O)cc1. The first-order chi connectivity index (χ1) is 13.3. The van der Waals surface area contributed by atoms with E-state index < -0.39 is 22.9 Å². The standard InChI is InChI=1S/C20H15F3N2O3/c1-28-14-8-6-12(7-9-14)10-16-18(26)25-17(19(27)24-16)11-13-4-2-3-5-15(13)20(21,22)23/h2-11H,1H3,(H,24,27)(H,25,26)/b16-10-,17-11-. The largest absolute Gasteiger partial charge is 0.497 e. The van der Waals surface area contributed by atoms with Crippen molar-refractivity contribution in [1.82, 2.24) is 9.97 Å². The van der Waals surface area contributed by atoms with E-state index in [1.165, 1.54) is 31.4 Å². The summed E-state index contributed by atoms with van der Waals surface area (Å²) in [5.41, 5.74) is -1.82. The van der Waals surface area contributed by atoms with Gasteiger partial charge in [-0.1, -0.05) is 30.3 Å². The molecule has 0 bridgehead atoms. The van der Waals surface area contributed by atoms with E-state index in [0.717, 1.165) is 12.1 Å². The maximum Gasteiger partial charge on any atom is 0.416 e. The fraction of sp³-hybridized carbons (Fsp3) is 0.100. The quantitative estimate of drug-likeness (QED) is 0.718. The molecule has 144 valence electrons. The van der Waals surface area contributed by atoms with Gasteiger partial charge in [-0.25, -0.2) is 0 Å². The lowest BCUT2D eigenvalue weighted by Gasteiger charge is -2.09. The van der Waals surface area contributed by atoms with Crippen molar-refractivity contribution in [3.05, 3.63) is 96.6 Å². The molecule has 0 fully saturated rings. The minimum atomic E-state index is -4.58. The van der Waals surface area contributed by atoms with Gasteiger partial charge in [-0.15, -0.1) is 0 Å². The number of ether oxygens (including phenoxy) is 1. The Morgan fingerprint density at radius 1 is 0.857 bits per heavy atom. The molecule has 1 heterocycles. The van der Waals surface area contributed by atoms with Crippen LogP contribution in [0.25, 0.3) is 12.2 Å². The highest BCUT2D eigenvalue weighted by atomic mass is 19.4. The van der Waals surface area contributed by atoms with Gasteiger partial charge in [0.15, 0.2) is 0 Å². The van der Waals surface area contributed by atoms with Crippen molar-refractivity contribution in [3.63, 3.8) is 0 Å². The predicted molar refractivity (Wildman–Crippen MR) is 98.5 cm³/mol. The minimum Gasteiger partial charge on any atom is -0.497 e. The van der Waals surface area contributed by atoms with E-state index in [4.69, 9.17) is 4.74 Å². The number of benzene rings is 2. The molecular formula is C20H15F3N2O3. The Hall–Kier alpha value is -3.55. The third kappa shape index (κ3) is 4.22. The molecule has 2 N–H and O–H groups in total. The van der Waals surface area contributed by atoms with Gasteiger partial charge in [-0.3, -0.25) is 9.59 Å². The zero-order chi connectivity index (χ0) is 20.3. The average molecular weight is 388 g/mol. The third-order valence-electron chi connectivity index (χ3n) is 3.98. The summed E-state index contributed by atoms with van der Waals surface area (Å²) in [5.74, 6) is 0.632. The van der Waals surface area contributed by atoms with Crippen LogP contribution in [0.1, 0.15) is 16.7 Å². The number of alkyl halides is 3. The summed E-state index contributed by atoms with van der Waals surface area (Å²) in [4.78, 5) is 29.3. The summed E-state index contributed by atoms with van der Waals surface area (Å²) in [6, 6.07) is 11.6. The summed E-state index contributed by atoms with van der Waals surface area (Å²) in [6.07, 6.45) is -2.13. The molecule has 0 saturated heterocycles. The molecule has 1 aromatic heterocycles. The molecule has 28 heavy (non-hydrogen) atoms. The van der Waals surface area contributed by atoms with Crippen LogP contribution < -0.4 is 26.6 Å². The second-order valence-electron chi connectivity index (χ2n) is 5.88. The first-order valence-electron chi connectivity index (χ1n) is 8.14. The lowest BCUT2D eigenvalue weighted by atomic mass is 10.1. The number of H-pyrrole nitrogens is 2. The smallest absolute Gasteiger partial charge is 0.416 e. The van der Waals surface area contributed by atoms with Crippen LogP contribution in [0.2, 0.25) is 0 Å². The van der Waals surface area contributed by atoms with E-state index in [1.807, 2.05) is 0 Å². The van der Waals surface area contributed by atoms with Crippen LogP contribution in [0.5, 0.6) is 5.75 Å². The first kappa shape index (κ1) is 19.2. The molecule has 2 aromatic carbocycles. The third-order valence-corrected chi connectivity index (χ3v) is 3.98. The highest BCUT2D eigenvalue weighted by Crippen LogP contribution is 2.31. The number of rotatable bonds is 3. The number of methoxy groups -OCH3 is 1. The van der Waals surface area contributed by atoms with Crippen LogP contribution in [-0.4, -0.2) is 17.1 Å². The predicted octanol–water partition coefficient (Wildman–Crippen LogP) is 1.75. The lowest BCUT2D eigenvalue weighted by molar-refractivity contribution is -0.137. The summed E-state index contributed by atoms with van der Waals surface area (Å²) in [5, 5.41) is -0.287. The molecule has 0 spiro atoms. The summed E-state index contributed by atoms with van der Waals surface area (Å²) >= 11 is 0. The van der Waals surface area contributed by atoms with Crippen molar-refractivity contribution in [2.45, 2.75) is 6.18 Å². The van der Waals surface area contributed by atoms with Crippen LogP contribution in [0, 0.1) is 0 Å². The molecular weight excluding hydrogens is 373 g/mol. The molecule has 0 aliphatic rings. The summed E-state index contributed by atoms with van der Waals surface area (Å²) < 4.78 is 44.3. The Bertz CT molecular complexity index is 1220. The minimum absolute atomic E-state index is 0.0172. The van der Waals surface area contributed by atoms with Crippen molar-refractivity contribution >= 4 is 12.2 Å². The lowest BCUT2D eigenvalue weighted by Crippen LogP contribution is -2.46. The van der Waals surface area contributed by atoms with E-state index in [0.29, 0.717) is 11.3 Å². The first-order valence-corrected chi connectivity index (χ1v) is 8.14. The van der Waals surface area contributed by atoms with Crippen molar-refractivity contribution in [1.29, 1.82) is 0 Å². The Kier molecular flexibility index (Phi) is 5.21. The van der Waals surface area contributed by atoms with Gasteiger partial charge in [-0.05, 0) is 41.5 Å². The van der Waals surface area contributed by atoms with Crippen LogP contribution in [0.15, 0.2) is 58.1 Å². The molecule has 8 heteroatoms. The molecule has 3 rings (SSSR count). The molecule has 0 unspecified atom stereocenters. The van der Waals surface area contributed by atoms with Crippen molar-refractivity contribution in [2.75, 3.05) is 7.11 Å². The Balaban J connectivity index is 2.11. The second kappa shape index (κ2) is 7.59. The topological polar surface area (TPSA) is 75.0 Å². The number of hydrogen-bond acceptors (Lipinski definition) is 3. The average Bonchev–Trinajstić information content (AvgIpc) is 2.66. The Labute approximate surface area is 156 Å². The second-order valence-corrected chi connectivity index (χ2v) is 5.88. The number of nitrogens with one attached hydrogen (secondary N) is 2. The van der Waals surface area contributed by atoms with Gasteiger partial charge in [0.05, 0.1) is 12.7 Å². The van der Waals surface area contributed by atoms with Gasteiger partial charge in [0.25, 0.3) is 11.1 Å². The Morgan fingerprint density at radius 3 is 2.00 bits per heavy atom. The van der Waals surface area contributed by atoms with Crippen LogP contribution in [0.4, 0.5) is 13.2 Å². The fourth-order valence-electron chi connectivity index (χ4n) is 2.60. The fourth-order valence-corrected chi connectivity index (χ4v) is 2.60. The maximum absolute atomic E-state index is 13.1. The van der Waals surface area contributed by atoms with E-state index in [1.54, 1.807) is 24.3 Å². The summed E-state index contributed by atoms with van der Waals surface area (Å²) in [7, 11) is 1.52. The molecule has 3 aromatic rings. The van der Waals surface area contributed by atoms with Crippen molar-refractivity contribution < 1.29 is 17.9 Å². The van der Waals surface area contributed by atoms with Gasteiger partial charge in [0, 0.05) is 0 Å². The van der Waals surface area contributed by atoms with Crippen LogP contribution in [-0.2, 0) is 6.18 Å². The highest BCUT2D eigenvalue weighted by Gasteiger charge is 2.32. The zero-order valence-corrected chi connectivity index (χ0v) is 14.6. The van der Waals surface area contributed by atoms with Crippen LogP contribution in [0.3, 0.4) is 0 Å². The van der Waals surface area contributed by atoms with E-state index in [-0.39, 0.29) is 16.3 Å². The molecule has 0 saturated carbocycles. The van der Waals surface area contributed by atoms with E-state index in [9.17, 15) is 22.8 Å². The Morgan fingerprint density at radius 2 is 1.43 bits per heavy atom. The number of halogens is 3. The van der Waals surface area contributed by atoms with Gasteiger partial charge in [0.2, 0.25) is 0 Å². The highest BCUT2D eigenvalue weighted by molar-refractivity contribution is 5.54. The van der Waals surface area contributed by atoms with E-state index in [2.05, 4.69) is 9.97 Å². The molecule has 5 nitrogen and oxygen atoms in total. The van der Waals surface area contributed by atoms with Crippen molar-refractivity contribution in [2.24, 2.45) is 0 Å². The number of aromatic amines is 2. The number of hydrogen-bond donors (Lipinski definition) is 2. The van der Waals surface area contributed by atoms with Gasteiger partial charge < -0.3 is 14.7 Å². The molecule has 0 atom stereocenters. The maximum atomic E-state index is 13.1. The number of aromatic nitrogens is 2. The van der Waals surface area contributed by atoms with Crippen LogP contribution >= 0.6 is 0 Å². The summed E-state index contributed by atoms with van der Waals surface area (Å²) in [6.45, 7) is 0. The van der Waals surface area contributed by atoms with Gasteiger partial charge >= 0.3 is 6.18 Å². The normalized spacial score (nSPS) is 13.0. The van der Waals surface area contributed by atoms with Crippen molar-refractivity contribution in [3.8, 4) is 5.75 Å².